The zero-order valence-corrected chi connectivity index (χ0v) is 11.3. The molecule has 0 saturated heterocycles. The van der Waals surface area contributed by atoms with Crippen LogP contribution in [-0.4, -0.2) is 12.5 Å². The Hall–Kier alpha value is -2.49. The molecular weight excluding hydrogens is 252 g/mol. The van der Waals surface area contributed by atoms with Gasteiger partial charge in [0.25, 0.3) is 5.91 Å². The molecule has 4 nitrogen and oxygen atoms in total. The van der Waals surface area contributed by atoms with E-state index >= 15 is 0 Å². The molecule has 2 N–H and O–H groups in total. The summed E-state index contributed by atoms with van der Waals surface area (Å²) >= 11 is 0. The van der Waals surface area contributed by atoms with E-state index in [0.717, 1.165) is 17.0 Å². The molecule has 0 saturated carbocycles. The average Bonchev–Trinajstić information content (AvgIpc) is 2.79. The van der Waals surface area contributed by atoms with E-state index in [2.05, 4.69) is 0 Å². The fraction of sp³-hybridized carbons (Fsp3) is 0.188. The largest absolute Gasteiger partial charge is 0.494 e. The van der Waals surface area contributed by atoms with Crippen LogP contribution in [0.15, 0.2) is 42.5 Å². The maximum Gasteiger partial charge on any atom is 0.259 e. The van der Waals surface area contributed by atoms with Crippen LogP contribution < -0.4 is 15.4 Å². The van der Waals surface area contributed by atoms with Crippen molar-refractivity contribution in [1.29, 1.82) is 0 Å². The minimum Gasteiger partial charge on any atom is -0.494 e. The van der Waals surface area contributed by atoms with Gasteiger partial charge in [-0.25, -0.2) is 0 Å². The first-order valence-corrected chi connectivity index (χ1v) is 6.63. The molecule has 1 amide bonds. The second-order valence-corrected chi connectivity index (χ2v) is 4.69. The van der Waals surface area contributed by atoms with Crippen LogP contribution in [0.5, 0.6) is 5.75 Å². The number of fused-ring (bicyclic) bond motifs is 1. The van der Waals surface area contributed by atoms with Crippen LogP contribution >= 0.6 is 0 Å². The number of rotatable bonds is 3. The Labute approximate surface area is 117 Å². The van der Waals surface area contributed by atoms with E-state index in [1.165, 1.54) is 0 Å². The Morgan fingerprint density at radius 2 is 1.95 bits per heavy atom. The molecule has 102 valence electrons. The third-order valence-corrected chi connectivity index (χ3v) is 3.46. The lowest BCUT2D eigenvalue weighted by molar-refractivity contribution is 0.0996. The highest BCUT2D eigenvalue weighted by Crippen LogP contribution is 2.32. The van der Waals surface area contributed by atoms with Crippen LogP contribution in [0.2, 0.25) is 0 Å². The molecule has 1 heterocycles. The Bertz CT molecular complexity index is 650. The number of ether oxygens (including phenoxy) is 1. The van der Waals surface area contributed by atoms with Crippen molar-refractivity contribution in [2.24, 2.45) is 0 Å². The molecular formula is C16H16N2O2. The van der Waals surface area contributed by atoms with Crippen molar-refractivity contribution in [3.8, 4) is 5.75 Å². The number of nitrogen functional groups attached to an aromatic ring is 1. The smallest absolute Gasteiger partial charge is 0.259 e. The zero-order chi connectivity index (χ0) is 14.1. The highest BCUT2D eigenvalue weighted by atomic mass is 16.5. The van der Waals surface area contributed by atoms with Crippen LogP contribution in [0.1, 0.15) is 22.8 Å². The molecule has 1 aliphatic rings. The number of carbonyl (C=O) groups excluding carboxylic acids is 1. The summed E-state index contributed by atoms with van der Waals surface area (Å²) in [5, 5.41) is 0. The van der Waals surface area contributed by atoms with E-state index in [1.54, 1.807) is 4.90 Å². The molecule has 4 heteroatoms. The monoisotopic (exact) mass is 268 g/mol. The standard InChI is InChI=1S/C16H16N2O2/c1-2-20-12-8-6-11(7-9-12)18-10-14-13(16(18)19)4-3-5-15(14)17/h3-9H,2,10,17H2,1H3. The highest BCUT2D eigenvalue weighted by molar-refractivity contribution is 6.11. The van der Waals surface area contributed by atoms with E-state index in [9.17, 15) is 4.79 Å². The van der Waals surface area contributed by atoms with E-state index in [0.29, 0.717) is 24.4 Å². The zero-order valence-electron chi connectivity index (χ0n) is 11.3. The molecule has 0 fully saturated rings. The van der Waals surface area contributed by atoms with Gasteiger partial charge in [0.1, 0.15) is 5.75 Å². The third kappa shape index (κ3) is 1.99. The summed E-state index contributed by atoms with van der Waals surface area (Å²) in [6.45, 7) is 3.09. The first-order valence-electron chi connectivity index (χ1n) is 6.63. The van der Waals surface area contributed by atoms with Gasteiger partial charge in [-0.3, -0.25) is 4.79 Å². The molecule has 0 radical (unpaired) electrons. The quantitative estimate of drug-likeness (QED) is 0.871. The number of amides is 1. The van der Waals surface area contributed by atoms with Gasteiger partial charge in [0.05, 0.1) is 13.2 Å². The topological polar surface area (TPSA) is 55.6 Å². The Kier molecular flexibility index (Phi) is 3.06. The molecule has 2 aromatic rings. The Morgan fingerprint density at radius 1 is 1.20 bits per heavy atom. The van der Waals surface area contributed by atoms with Crippen LogP contribution in [0, 0.1) is 0 Å². The Morgan fingerprint density at radius 3 is 2.60 bits per heavy atom. The number of carbonyl (C=O) groups is 1. The summed E-state index contributed by atoms with van der Waals surface area (Å²) in [6, 6.07) is 13.0. The predicted octanol–water partition coefficient (Wildman–Crippen LogP) is 2.83. The van der Waals surface area contributed by atoms with Crippen molar-refractivity contribution < 1.29 is 9.53 Å². The van der Waals surface area contributed by atoms with Crippen molar-refractivity contribution in [1.82, 2.24) is 0 Å². The Balaban J connectivity index is 1.90. The van der Waals surface area contributed by atoms with Gasteiger partial charge in [-0.15, -0.1) is 0 Å². The second kappa shape index (κ2) is 4.89. The number of nitrogens with two attached hydrogens (primary N) is 1. The van der Waals surface area contributed by atoms with Gasteiger partial charge >= 0.3 is 0 Å². The summed E-state index contributed by atoms with van der Waals surface area (Å²) in [5.41, 5.74) is 9.07. The van der Waals surface area contributed by atoms with Crippen molar-refractivity contribution in [3.05, 3.63) is 53.6 Å². The SMILES string of the molecule is CCOc1ccc(N2Cc3c(N)cccc3C2=O)cc1. The lowest BCUT2D eigenvalue weighted by atomic mass is 10.1. The molecule has 0 bridgehead atoms. The fourth-order valence-corrected chi connectivity index (χ4v) is 2.45. The molecule has 0 atom stereocenters. The van der Waals surface area contributed by atoms with Gasteiger partial charge in [-0.2, -0.15) is 0 Å². The van der Waals surface area contributed by atoms with Crippen LogP contribution in [0.25, 0.3) is 0 Å². The molecule has 0 aliphatic carbocycles. The first kappa shape index (κ1) is 12.5. The van der Waals surface area contributed by atoms with Crippen LogP contribution in [0.3, 0.4) is 0 Å². The normalized spacial score (nSPS) is 13.4. The molecule has 0 unspecified atom stereocenters. The van der Waals surface area contributed by atoms with Crippen molar-refractivity contribution in [2.45, 2.75) is 13.5 Å². The summed E-state index contributed by atoms with van der Waals surface area (Å²) in [5.74, 6) is 0.802. The highest BCUT2D eigenvalue weighted by Gasteiger charge is 2.29. The molecule has 2 aromatic carbocycles. The molecule has 1 aliphatic heterocycles. The van der Waals surface area contributed by atoms with E-state index in [1.807, 2.05) is 49.4 Å². The van der Waals surface area contributed by atoms with Gasteiger partial charge in [0.2, 0.25) is 0 Å². The summed E-state index contributed by atoms with van der Waals surface area (Å²) < 4.78 is 5.41. The number of anilines is 2. The molecule has 3 rings (SSSR count). The summed E-state index contributed by atoms with van der Waals surface area (Å²) in [6.07, 6.45) is 0. The second-order valence-electron chi connectivity index (χ2n) is 4.69. The summed E-state index contributed by atoms with van der Waals surface area (Å²) in [4.78, 5) is 14.1. The number of hydrogen-bond acceptors (Lipinski definition) is 3. The third-order valence-electron chi connectivity index (χ3n) is 3.46. The summed E-state index contributed by atoms with van der Waals surface area (Å²) in [7, 11) is 0. The first-order chi connectivity index (χ1) is 9.70. The minimum atomic E-state index is -0.00328. The number of benzene rings is 2. The van der Waals surface area contributed by atoms with Crippen molar-refractivity contribution >= 4 is 17.3 Å². The van der Waals surface area contributed by atoms with Gasteiger partial charge in [-0.1, -0.05) is 6.07 Å². The van der Waals surface area contributed by atoms with E-state index < -0.39 is 0 Å². The number of hydrogen-bond donors (Lipinski definition) is 1. The van der Waals surface area contributed by atoms with E-state index in [-0.39, 0.29) is 5.91 Å². The van der Waals surface area contributed by atoms with Gasteiger partial charge in [0, 0.05) is 22.5 Å². The minimum absolute atomic E-state index is 0.00328. The van der Waals surface area contributed by atoms with Gasteiger partial charge in [0.15, 0.2) is 0 Å². The average molecular weight is 268 g/mol. The van der Waals surface area contributed by atoms with Crippen LogP contribution in [-0.2, 0) is 6.54 Å². The predicted molar refractivity (Wildman–Crippen MR) is 79.0 cm³/mol. The van der Waals surface area contributed by atoms with E-state index in [4.69, 9.17) is 10.5 Å². The van der Waals surface area contributed by atoms with Crippen molar-refractivity contribution in [3.63, 3.8) is 0 Å². The molecule has 0 aromatic heterocycles. The van der Waals surface area contributed by atoms with Crippen LogP contribution in [0.4, 0.5) is 11.4 Å². The maximum atomic E-state index is 12.4. The lowest BCUT2D eigenvalue weighted by Gasteiger charge is -2.16. The molecule has 20 heavy (non-hydrogen) atoms. The fourth-order valence-electron chi connectivity index (χ4n) is 2.45. The van der Waals surface area contributed by atoms with Gasteiger partial charge in [-0.05, 0) is 43.3 Å². The maximum absolute atomic E-state index is 12.4. The van der Waals surface area contributed by atoms with Crippen molar-refractivity contribution in [2.75, 3.05) is 17.2 Å². The lowest BCUT2D eigenvalue weighted by Crippen LogP contribution is -2.22. The molecule has 0 spiro atoms. The number of nitrogens with zero attached hydrogens (tertiary/aromatic N) is 1. The van der Waals surface area contributed by atoms with Gasteiger partial charge < -0.3 is 15.4 Å².